The van der Waals surface area contributed by atoms with Gasteiger partial charge in [-0.25, -0.2) is 0 Å². The van der Waals surface area contributed by atoms with E-state index in [9.17, 15) is 19.8 Å². The topological polar surface area (TPSA) is 97.0 Å². The smallest absolute Gasteiger partial charge is 0.315 e. The van der Waals surface area contributed by atoms with Crippen LogP contribution in [-0.2, 0) is 20.7 Å². The van der Waals surface area contributed by atoms with Crippen molar-refractivity contribution in [1.82, 2.24) is 0 Å². The summed E-state index contributed by atoms with van der Waals surface area (Å²) in [6.07, 6.45) is 4.22. The maximum atomic E-state index is 12.3. The molecule has 1 aliphatic rings. The third kappa shape index (κ3) is 7.13. The van der Waals surface area contributed by atoms with Gasteiger partial charge in [-0.15, -0.1) is 11.8 Å². The van der Waals surface area contributed by atoms with Gasteiger partial charge < -0.3 is 19.4 Å². The lowest BCUT2D eigenvalue weighted by atomic mass is 10.0. The number of benzene rings is 1. The summed E-state index contributed by atoms with van der Waals surface area (Å²) >= 11 is 3.06. The molecular weight excluding hydrogens is 448 g/mol. The number of furan rings is 1. The number of Topliss-reactive ketones (excluding diaryl/α,β-unsaturated/α-hetero) is 1. The summed E-state index contributed by atoms with van der Waals surface area (Å²) in [7, 11) is 1.37. The predicted molar refractivity (Wildman–Crippen MR) is 129 cm³/mol. The van der Waals surface area contributed by atoms with Crippen LogP contribution in [0.3, 0.4) is 0 Å². The molecule has 0 spiro atoms. The van der Waals surface area contributed by atoms with E-state index in [0.717, 1.165) is 34.7 Å². The van der Waals surface area contributed by atoms with Crippen LogP contribution in [0.4, 0.5) is 0 Å². The van der Waals surface area contributed by atoms with Crippen LogP contribution in [0, 0.1) is 5.92 Å². The number of aliphatic hydroxyl groups excluding tert-OH is 2. The van der Waals surface area contributed by atoms with Gasteiger partial charge in [0, 0.05) is 24.1 Å². The first kappa shape index (κ1) is 24.9. The van der Waals surface area contributed by atoms with E-state index in [1.54, 1.807) is 23.9 Å². The number of methoxy groups -OCH3 is 1. The van der Waals surface area contributed by atoms with Gasteiger partial charge in [-0.1, -0.05) is 30.4 Å². The average Bonchev–Trinajstić information content (AvgIpc) is 3.32. The molecule has 2 N–H and O–H groups in total. The van der Waals surface area contributed by atoms with E-state index < -0.39 is 12.2 Å². The highest BCUT2D eigenvalue weighted by molar-refractivity contribution is 8.01. The van der Waals surface area contributed by atoms with Gasteiger partial charge in [0.15, 0.2) is 0 Å². The number of aliphatic hydroxyl groups is 2. The quantitative estimate of drug-likeness (QED) is 0.271. The molecule has 0 bridgehead atoms. The van der Waals surface area contributed by atoms with Gasteiger partial charge >= 0.3 is 5.97 Å². The van der Waals surface area contributed by atoms with Crippen LogP contribution in [0.2, 0.25) is 0 Å². The Kier molecular flexibility index (Phi) is 9.71. The lowest BCUT2D eigenvalue weighted by molar-refractivity contribution is -0.137. The summed E-state index contributed by atoms with van der Waals surface area (Å²) in [5.41, 5.74) is 0.837. The van der Waals surface area contributed by atoms with Crippen molar-refractivity contribution in [2.75, 3.05) is 24.4 Å². The first-order valence-corrected chi connectivity index (χ1v) is 13.0. The standard InChI is InChI=1S/C24H30O6S2/c1-29-23(28)15-31-11-4-12-32-24-19(20(26)14-21(24)27)10-8-17(25)7-9-18-13-16-5-2-3-6-22(16)30-18/h2-3,5-6,8,10,13,17,19-20,24-26H,4,7,9,11-12,14-15H2,1H3/b10-8+/t17-,19-,20+,24+/m0/s1. The second-order valence-corrected chi connectivity index (χ2v) is 10.2. The Bertz CT molecular complexity index is 891. The van der Waals surface area contributed by atoms with Crippen molar-refractivity contribution >= 4 is 46.2 Å². The average molecular weight is 479 g/mol. The van der Waals surface area contributed by atoms with Crippen molar-refractivity contribution in [3.63, 3.8) is 0 Å². The number of hydrogen-bond donors (Lipinski definition) is 2. The fourth-order valence-electron chi connectivity index (χ4n) is 3.70. The van der Waals surface area contributed by atoms with Crippen molar-refractivity contribution < 1.29 is 29.0 Å². The molecule has 1 heterocycles. The van der Waals surface area contributed by atoms with Crippen LogP contribution in [0.1, 0.15) is 25.0 Å². The Balaban J connectivity index is 1.44. The number of para-hydroxylation sites is 1. The number of thioether (sulfide) groups is 2. The van der Waals surface area contributed by atoms with E-state index >= 15 is 0 Å². The Morgan fingerprint density at radius 3 is 2.94 bits per heavy atom. The second-order valence-electron chi connectivity index (χ2n) is 7.83. The summed E-state index contributed by atoms with van der Waals surface area (Å²) in [6.45, 7) is 0. The normalized spacial score (nSPS) is 22.1. The van der Waals surface area contributed by atoms with Crippen LogP contribution in [0.25, 0.3) is 11.0 Å². The molecule has 174 valence electrons. The molecule has 3 rings (SSSR count). The number of ether oxygens (including phenoxy) is 1. The van der Waals surface area contributed by atoms with Crippen molar-refractivity contribution in [1.29, 1.82) is 0 Å². The Hall–Kier alpha value is -1.74. The molecule has 2 aromatic rings. The van der Waals surface area contributed by atoms with Crippen molar-refractivity contribution in [2.45, 2.75) is 43.1 Å². The second kappa shape index (κ2) is 12.5. The van der Waals surface area contributed by atoms with E-state index in [1.165, 1.54) is 18.9 Å². The lowest BCUT2D eigenvalue weighted by Crippen LogP contribution is -2.22. The van der Waals surface area contributed by atoms with Gasteiger partial charge in [0.2, 0.25) is 0 Å². The lowest BCUT2D eigenvalue weighted by Gasteiger charge is -2.17. The zero-order valence-electron chi connectivity index (χ0n) is 18.1. The molecule has 32 heavy (non-hydrogen) atoms. The molecule has 1 fully saturated rings. The minimum absolute atomic E-state index is 0.0520. The summed E-state index contributed by atoms with van der Waals surface area (Å²) in [5.74, 6) is 2.27. The maximum Gasteiger partial charge on any atom is 0.315 e. The van der Waals surface area contributed by atoms with Crippen molar-refractivity contribution in [3.8, 4) is 0 Å². The zero-order chi connectivity index (χ0) is 22.9. The minimum Gasteiger partial charge on any atom is -0.468 e. The van der Waals surface area contributed by atoms with Gasteiger partial charge in [-0.2, -0.15) is 11.8 Å². The Labute approximate surface area is 196 Å². The molecule has 1 aliphatic carbocycles. The zero-order valence-corrected chi connectivity index (χ0v) is 19.8. The fraction of sp³-hybridized carbons (Fsp3) is 0.500. The highest BCUT2D eigenvalue weighted by atomic mass is 32.2. The molecule has 0 amide bonds. The van der Waals surface area contributed by atoms with Crippen LogP contribution in [0.5, 0.6) is 0 Å². The third-order valence-corrected chi connectivity index (χ3v) is 7.90. The van der Waals surface area contributed by atoms with E-state index in [-0.39, 0.29) is 29.3 Å². The van der Waals surface area contributed by atoms with E-state index in [2.05, 4.69) is 4.74 Å². The number of aryl methyl sites for hydroxylation is 1. The summed E-state index contributed by atoms with van der Waals surface area (Å²) in [6, 6.07) is 9.79. The largest absolute Gasteiger partial charge is 0.468 e. The number of ketones is 1. The minimum atomic E-state index is -0.715. The number of hydrogen-bond acceptors (Lipinski definition) is 8. The molecule has 1 aromatic heterocycles. The molecule has 6 nitrogen and oxygen atoms in total. The summed E-state index contributed by atoms with van der Waals surface area (Å²) < 4.78 is 10.4. The molecule has 1 aromatic carbocycles. The van der Waals surface area contributed by atoms with Crippen molar-refractivity contribution in [3.05, 3.63) is 48.2 Å². The fourth-order valence-corrected chi connectivity index (χ4v) is 6.00. The van der Waals surface area contributed by atoms with Gasteiger partial charge in [0.1, 0.15) is 17.1 Å². The van der Waals surface area contributed by atoms with E-state index in [1.807, 2.05) is 30.3 Å². The number of fused-ring (bicyclic) bond motifs is 1. The van der Waals surface area contributed by atoms with Crippen molar-refractivity contribution in [2.24, 2.45) is 5.92 Å². The first-order valence-electron chi connectivity index (χ1n) is 10.8. The molecule has 8 heteroatoms. The molecule has 0 saturated heterocycles. The maximum absolute atomic E-state index is 12.3. The highest BCUT2D eigenvalue weighted by Crippen LogP contribution is 2.34. The van der Waals surface area contributed by atoms with Gasteiger partial charge in [0.25, 0.3) is 0 Å². The van der Waals surface area contributed by atoms with Crippen LogP contribution in [0.15, 0.2) is 46.9 Å². The monoisotopic (exact) mass is 478 g/mol. The molecular formula is C24H30O6S2. The van der Waals surface area contributed by atoms with Crippen LogP contribution in [-0.4, -0.2) is 63.8 Å². The SMILES string of the molecule is COC(=O)CSCCCS[C@H]1C(=O)C[C@@H](O)[C@@H]1/C=C/[C@@H](O)CCc1cc2ccccc2o1. The molecule has 0 unspecified atom stereocenters. The number of carbonyl (C=O) groups excluding carboxylic acids is 2. The summed E-state index contributed by atoms with van der Waals surface area (Å²) in [5, 5.41) is 21.5. The summed E-state index contributed by atoms with van der Waals surface area (Å²) in [4.78, 5) is 23.4. The number of rotatable bonds is 12. The Morgan fingerprint density at radius 1 is 1.34 bits per heavy atom. The first-order chi connectivity index (χ1) is 15.5. The Morgan fingerprint density at radius 2 is 2.16 bits per heavy atom. The molecule has 0 aliphatic heterocycles. The number of carbonyl (C=O) groups is 2. The van der Waals surface area contributed by atoms with Gasteiger partial charge in [-0.05, 0) is 36.5 Å². The van der Waals surface area contributed by atoms with E-state index in [0.29, 0.717) is 18.6 Å². The van der Waals surface area contributed by atoms with Crippen LogP contribution < -0.4 is 0 Å². The molecule has 0 radical (unpaired) electrons. The van der Waals surface area contributed by atoms with E-state index in [4.69, 9.17) is 4.42 Å². The molecule has 1 saturated carbocycles. The molecule has 4 atom stereocenters. The predicted octanol–water partition coefficient (Wildman–Crippen LogP) is 3.63. The van der Waals surface area contributed by atoms with Gasteiger partial charge in [-0.3, -0.25) is 9.59 Å². The number of esters is 1. The van der Waals surface area contributed by atoms with Gasteiger partial charge in [0.05, 0.1) is 30.3 Å². The third-order valence-electron chi connectivity index (χ3n) is 5.42. The van der Waals surface area contributed by atoms with Crippen LogP contribution >= 0.6 is 23.5 Å². The highest BCUT2D eigenvalue weighted by Gasteiger charge is 2.40.